The zero-order valence-electron chi connectivity index (χ0n) is 17.7. The summed E-state index contributed by atoms with van der Waals surface area (Å²) in [6, 6.07) is 12.1. The summed E-state index contributed by atoms with van der Waals surface area (Å²) in [7, 11) is 0. The van der Waals surface area contributed by atoms with E-state index in [4.69, 9.17) is 4.74 Å². The Bertz CT molecular complexity index is 1240. The van der Waals surface area contributed by atoms with E-state index in [2.05, 4.69) is 27.3 Å². The summed E-state index contributed by atoms with van der Waals surface area (Å²) in [5, 5.41) is 7.68. The number of halogens is 4. The fraction of sp³-hybridized carbons (Fsp3) is 0.261. The zero-order chi connectivity index (χ0) is 23.4. The van der Waals surface area contributed by atoms with Crippen molar-refractivity contribution in [2.24, 2.45) is 0 Å². The van der Waals surface area contributed by atoms with E-state index in [1.807, 2.05) is 0 Å². The first-order valence-corrected chi connectivity index (χ1v) is 10.4. The molecule has 0 aliphatic rings. The molecule has 0 unspecified atom stereocenters. The molecule has 0 fully saturated rings. The Labute approximate surface area is 187 Å². The molecular formula is C23H21F4N5O. The average Bonchev–Trinajstić information content (AvgIpc) is 3.18. The third kappa shape index (κ3) is 5.21. The van der Waals surface area contributed by atoms with E-state index in [0.29, 0.717) is 40.5 Å². The molecule has 0 atom stereocenters. The fourth-order valence-corrected chi connectivity index (χ4v) is 3.33. The van der Waals surface area contributed by atoms with Gasteiger partial charge in [-0.05, 0) is 42.8 Å². The predicted molar refractivity (Wildman–Crippen MR) is 117 cm³/mol. The largest absolute Gasteiger partial charge is 0.468 e. The van der Waals surface area contributed by atoms with Crippen molar-refractivity contribution in [2.75, 3.05) is 18.5 Å². The van der Waals surface area contributed by atoms with Gasteiger partial charge in [-0.15, -0.1) is 0 Å². The summed E-state index contributed by atoms with van der Waals surface area (Å²) >= 11 is 0. The molecule has 172 valence electrons. The molecule has 0 amide bonds. The highest BCUT2D eigenvalue weighted by molar-refractivity contribution is 5.91. The summed E-state index contributed by atoms with van der Waals surface area (Å²) < 4.78 is 58.1. The van der Waals surface area contributed by atoms with Crippen LogP contribution >= 0.6 is 0 Å². The number of hydrogen-bond donors (Lipinski definition) is 1. The molecule has 0 aliphatic carbocycles. The maximum absolute atomic E-state index is 13.5. The Balaban J connectivity index is 1.85. The maximum atomic E-state index is 13.5. The minimum Gasteiger partial charge on any atom is -0.468 e. The molecule has 0 radical (unpaired) electrons. The van der Waals surface area contributed by atoms with Gasteiger partial charge in [-0.1, -0.05) is 19.4 Å². The van der Waals surface area contributed by atoms with Crippen LogP contribution in [0.25, 0.3) is 28.0 Å². The van der Waals surface area contributed by atoms with Crippen molar-refractivity contribution < 1.29 is 22.3 Å². The van der Waals surface area contributed by atoms with Gasteiger partial charge in [0.2, 0.25) is 11.8 Å². The molecule has 3 aromatic heterocycles. The average molecular weight is 459 g/mol. The number of benzene rings is 1. The second kappa shape index (κ2) is 9.43. The van der Waals surface area contributed by atoms with Crippen LogP contribution in [-0.2, 0) is 0 Å². The monoisotopic (exact) mass is 459 g/mol. The molecule has 33 heavy (non-hydrogen) atoms. The highest BCUT2D eigenvalue weighted by atomic mass is 19.4. The minimum absolute atomic E-state index is 0.0743. The van der Waals surface area contributed by atoms with E-state index >= 15 is 0 Å². The second-order valence-corrected chi connectivity index (χ2v) is 7.34. The lowest BCUT2D eigenvalue weighted by Gasteiger charge is -2.10. The molecule has 3 heterocycles. The fourth-order valence-electron chi connectivity index (χ4n) is 3.33. The SMILES string of the molecule is CCCCNc1nccc(-c2c(-c3ccc(F)cc3)nn3c(OCC(F)(F)F)cccc23)n1. The van der Waals surface area contributed by atoms with Crippen molar-refractivity contribution in [3.8, 4) is 28.4 Å². The number of aromatic nitrogens is 4. The highest BCUT2D eigenvalue weighted by Crippen LogP contribution is 2.36. The second-order valence-electron chi connectivity index (χ2n) is 7.34. The van der Waals surface area contributed by atoms with Crippen molar-refractivity contribution in [2.45, 2.75) is 25.9 Å². The smallest absolute Gasteiger partial charge is 0.422 e. The number of hydrogen-bond acceptors (Lipinski definition) is 5. The van der Waals surface area contributed by atoms with E-state index in [9.17, 15) is 17.6 Å². The van der Waals surface area contributed by atoms with Gasteiger partial charge < -0.3 is 10.1 Å². The van der Waals surface area contributed by atoms with Crippen LogP contribution in [0.1, 0.15) is 19.8 Å². The van der Waals surface area contributed by atoms with E-state index in [-0.39, 0.29) is 5.88 Å². The molecule has 0 aliphatic heterocycles. The van der Waals surface area contributed by atoms with Crippen molar-refractivity contribution in [1.82, 2.24) is 19.6 Å². The van der Waals surface area contributed by atoms with Gasteiger partial charge in [0.1, 0.15) is 11.5 Å². The quantitative estimate of drug-likeness (QED) is 0.269. The summed E-state index contributed by atoms with van der Waals surface area (Å²) in [5.74, 6) is -0.0627. The number of ether oxygens (including phenoxy) is 1. The van der Waals surface area contributed by atoms with Gasteiger partial charge in [0.15, 0.2) is 6.61 Å². The number of nitrogens with one attached hydrogen (secondary N) is 1. The number of unbranched alkanes of at least 4 members (excludes halogenated alkanes) is 1. The molecule has 0 saturated heterocycles. The Kier molecular flexibility index (Phi) is 6.43. The molecule has 1 N–H and O–H groups in total. The molecule has 10 heteroatoms. The molecular weight excluding hydrogens is 438 g/mol. The third-order valence-electron chi connectivity index (χ3n) is 4.85. The molecule has 6 nitrogen and oxygen atoms in total. The van der Waals surface area contributed by atoms with Crippen LogP contribution in [0.3, 0.4) is 0 Å². The van der Waals surface area contributed by atoms with Gasteiger partial charge in [0.05, 0.1) is 16.8 Å². The number of anilines is 1. The van der Waals surface area contributed by atoms with Crippen LogP contribution in [0.2, 0.25) is 0 Å². The lowest BCUT2D eigenvalue weighted by molar-refractivity contribution is -0.154. The van der Waals surface area contributed by atoms with Crippen molar-refractivity contribution in [3.05, 3.63) is 60.5 Å². The van der Waals surface area contributed by atoms with Crippen LogP contribution in [0, 0.1) is 5.82 Å². The topological polar surface area (TPSA) is 64.3 Å². The van der Waals surface area contributed by atoms with Crippen molar-refractivity contribution in [1.29, 1.82) is 0 Å². The van der Waals surface area contributed by atoms with Crippen LogP contribution in [0.5, 0.6) is 5.88 Å². The molecule has 0 spiro atoms. The summed E-state index contributed by atoms with van der Waals surface area (Å²) in [6.45, 7) is 1.33. The molecule has 4 rings (SSSR count). The van der Waals surface area contributed by atoms with Crippen molar-refractivity contribution in [3.63, 3.8) is 0 Å². The first kappa shape index (κ1) is 22.5. The van der Waals surface area contributed by atoms with E-state index in [0.717, 1.165) is 12.8 Å². The van der Waals surface area contributed by atoms with Gasteiger partial charge in [0, 0.05) is 24.4 Å². The number of fused-ring (bicyclic) bond motifs is 1. The van der Waals surface area contributed by atoms with Gasteiger partial charge in [-0.25, -0.2) is 14.4 Å². The van der Waals surface area contributed by atoms with Crippen LogP contribution in [0.15, 0.2) is 54.7 Å². The predicted octanol–water partition coefficient (Wildman–Crippen LogP) is 5.75. The van der Waals surface area contributed by atoms with E-state index in [1.165, 1.54) is 22.7 Å². The van der Waals surface area contributed by atoms with Gasteiger partial charge in [0.25, 0.3) is 0 Å². The summed E-state index contributed by atoms with van der Waals surface area (Å²) in [6.07, 6.45) is -0.941. The summed E-state index contributed by atoms with van der Waals surface area (Å²) in [5.41, 5.74) is 2.59. The highest BCUT2D eigenvalue weighted by Gasteiger charge is 2.29. The first-order chi connectivity index (χ1) is 15.9. The number of rotatable bonds is 8. The Morgan fingerprint density at radius 3 is 2.58 bits per heavy atom. The maximum Gasteiger partial charge on any atom is 0.422 e. The molecule has 1 aromatic carbocycles. The normalized spacial score (nSPS) is 11.7. The Morgan fingerprint density at radius 1 is 1.06 bits per heavy atom. The Hall–Kier alpha value is -3.69. The lowest BCUT2D eigenvalue weighted by atomic mass is 10.0. The van der Waals surface area contributed by atoms with Crippen LogP contribution in [-0.4, -0.2) is 38.9 Å². The van der Waals surface area contributed by atoms with Crippen LogP contribution in [0.4, 0.5) is 23.5 Å². The standard InChI is InChI=1S/C23H21F4N5O/c1-2-3-12-28-22-29-13-11-17(30-22)20-18-5-4-6-19(33-14-23(25,26)27)32(18)31-21(20)15-7-9-16(24)10-8-15/h4-11,13H,2-3,12,14H2,1H3,(H,28,29,30). The number of nitrogens with zero attached hydrogens (tertiary/aromatic N) is 4. The first-order valence-electron chi connectivity index (χ1n) is 10.4. The summed E-state index contributed by atoms with van der Waals surface area (Å²) in [4.78, 5) is 8.83. The van der Waals surface area contributed by atoms with Gasteiger partial charge >= 0.3 is 6.18 Å². The third-order valence-corrected chi connectivity index (χ3v) is 4.85. The number of alkyl halides is 3. The molecule has 0 bridgehead atoms. The van der Waals surface area contributed by atoms with Crippen molar-refractivity contribution >= 4 is 11.5 Å². The lowest BCUT2D eigenvalue weighted by Crippen LogP contribution is -2.20. The van der Waals surface area contributed by atoms with E-state index < -0.39 is 18.6 Å². The minimum atomic E-state index is -4.50. The molecule has 4 aromatic rings. The van der Waals surface area contributed by atoms with Gasteiger partial charge in [-0.2, -0.15) is 22.8 Å². The van der Waals surface area contributed by atoms with Crippen LogP contribution < -0.4 is 10.1 Å². The molecule has 0 saturated carbocycles. The number of pyridine rings is 1. The van der Waals surface area contributed by atoms with Gasteiger partial charge in [-0.3, -0.25) is 0 Å². The van der Waals surface area contributed by atoms with E-state index in [1.54, 1.807) is 36.5 Å². The Morgan fingerprint density at radius 2 is 1.85 bits per heavy atom. The zero-order valence-corrected chi connectivity index (χ0v) is 17.7.